The third kappa shape index (κ3) is 4.20. The number of nitrogens with zero attached hydrogens (tertiary/aromatic N) is 1. The summed E-state index contributed by atoms with van der Waals surface area (Å²) < 4.78 is 6.40. The summed E-state index contributed by atoms with van der Waals surface area (Å²) in [5.41, 5.74) is -0.535. The Morgan fingerprint density at radius 2 is 1.97 bits per heavy atom. The van der Waals surface area contributed by atoms with E-state index in [4.69, 9.17) is 16.3 Å². The van der Waals surface area contributed by atoms with E-state index in [1.807, 2.05) is 20.8 Å². The standard InChI is InChI=1S/C25H34ClN3O5/c1-4-11-27-22(31)19-18-9-10-25(34-18)20(19)24(33)29(17(13-30)12-14(2)3)21(25)23(32)28-16-7-5-15(26)6-8-16/h5-8,14,17-21,30H,4,9-13H2,1-3H3,(H,27,31)(H,28,32)/t17-,18+,19-,20+,21?,25?/m1/s1. The molecule has 3 aliphatic rings. The molecule has 0 saturated carbocycles. The number of hydrogen-bond acceptors (Lipinski definition) is 5. The number of hydrogen-bond donors (Lipinski definition) is 3. The molecule has 186 valence electrons. The molecule has 4 rings (SSSR count). The fourth-order valence-corrected chi connectivity index (χ4v) is 6.14. The maximum Gasteiger partial charge on any atom is 0.250 e. The van der Waals surface area contributed by atoms with E-state index in [9.17, 15) is 19.5 Å². The molecular formula is C25H34ClN3O5. The Labute approximate surface area is 205 Å². The summed E-state index contributed by atoms with van der Waals surface area (Å²) in [5.74, 6) is -2.04. The van der Waals surface area contributed by atoms with Crippen molar-refractivity contribution in [3.8, 4) is 0 Å². The molecule has 3 saturated heterocycles. The number of carbonyl (C=O) groups excluding carboxylic acids is 3. The monoisotopic (exact) mass is 491 g/mol. The van der Waals surface area contributed by atoms with Gasteiger partial charge in [-0.1, -0.05) is 32.4 Å². The second-order valence-corrected chi connectivity index (χ2v) is 10.5. The number of nitrogens with one attached hydrogen (secondary N) is 2. The number of fused-ring (bicyclic) bond motifs is 1. The Morgan fingerprint density at radius 3 is 2.59 bits per heavy atom. The Morgan fingerprint density at radius 1 is 1.26 bits per heavy atom. The lowest BCUT2D eigenvalue weighted by Gasteiger charge is -2.37. The van der Waals surface area contributed by atoms with Crippen molar-refractivity contribution in [1.29, 1.82) is 0 Å². The van der Waals surface area contributed by atoms with Crippen molar-refractivity contribution in [2.45, 2.75) is 70.2 Å². The van der Waals surface area contributed by atoms with Crippen LogP contribution in [0.2, 0.25) is 5.02 Å². The molecular weight excluding hydrogens is 458 g/mol. The van der Waals surface area contributed by atoms with Gasteiger partial charge in [0.2, 0.25) is 17.7 Å². The molecule has 2 bridgehead atoms. The van der Waals surface area contributed by atoms with E-state index < -0.39 is 35.6 Å². The lowest BCUT2D eigenvalue weighted by Crippen LogP contribution is -2.56. The average molecular weight is 492 g/mol. The van der Waals surface area contributed by atoms with Crippen LogP contribution in [0.5, 0.6) is 0 Å². The highest BCUT2D eigenvalue weighted by molar-refractivity contribution is 6.30. The van der Waals surface area contributed by atoms with Gasteiger partial charge in [0.05, 0.1) is 30.6 Å². The maximum atomic E-state index is 13.9. The number of aliphatic hydroxyl groups excluding tert-OH is 1. The van der Waals surface area contributed by atoms with Gasteiger partial charge >= 0.3 is 0 Å². The topological polar surface area (TPSA) is 108 Å². The summed E-state index contributed by atoms with van der Waals surface area (Å²) in [4.78, 5) is 42.2. The number of amides is 3. The zero-order valence-electron chi connectivity index (χ0n) is 19.9. The largest absolute Gasteiger partial charge is 0.394 e. The number of carbonyl (C=O) groups is 3. The highest BCUT2D eigenvalue weighted by atomic mass is 35.5. The molecule has 3 heterocycles. The van der Waals surface area contributed by atoms with E-state index in [1.165, 1.54) is 4.90 Å². The molecule has 34 heavy (non-hydrogen) atoms. The van der Waals surface area contributed by atoms with Crippen LogP contribution in [0.1, 0.15) is 46.5 Å². The number of anilines is 1. The van der Waals surface area contributed by atoms with Crippen LogP contribution in [0.25, 0.3) is 0 Å². The van der Waals surface area contributed by atoms with Crippen LogP contribution in [-0.2, 0) is 19.1 Å². The normalized spacial score (nSPS) is 30.5. The van der Waals surface area contributed by atoms with Gasteiger partial charge < -0.3 is 25.4 Å². The number of aliphatic hydroxyl groups is 1. The SMILES string of the molecule is CCCNC(=O)[C@@H]1[C@@H]2CCC3(O2)C(C(=O)Nc2ccc(Cl)cc2)N([C@@H](CO)CC(C)C)C(=O)[C@H]13. The lowest BCUT2D eigenvalue weighted by molar-refractivity contribution is -0.144. The van der Waals surface area contributed by atoms with Crippen molar-refractivity contribution >= 4 is 35.0 Å². The predicted octanol–water partition coefficient (Wildman–Crippen LogP) is 2.59. The summed E-state index contributed by atoms with van der Waals surface area (Å²) in [6.07, 6.45) is 2.05. The van der Waals surface area contributed by atoms with Crippen molar-refractivity contribution in [2.75, 3.05) is 18.5 Å². The molecule has 1 aromatic rings. The first-order valence-electron chi connectivity index (χ1n) is 12.2. The van der Waals surface area contributed by atoms with Crippen LogP contribution in [0.4, 0.5) is 5.69 Å². The number of halogens is 1. The van der Waals surface area contributed by atoms with Crippen LogP contribution >= 0.6 is 11.6 Å². The van der Waals surface area contributed by atoms with Crippen LogP contribution < -0.4 is 10.6 Å². The van der Waals surface area contributed by atoms with E-state index in [0.29, 0.717) is 36.5 Å². The van der Waals surface area contributed by atoms with E-state index >= 15 is 0 Å². The third-order valence-corrected chi connectivity index (χ3v) is 7.55. The zero-order chi connectivity index (χ0) is 24.6. The van der Waals surface area contributed by atoms with Gasteiger partial charge in [0.25, 0.3) is 0 Å². The minimum absolute atomic E-state index is 0.198. The first-order valence-corrected chi connectivity index (χ1v) is 12.6. The smallest absolute Gasteiger partial charge is 0.250 e. The molecule has 0 radical (unpaired) electrons. The van der Waals surface area contributed by atoms with E-state index in [0.717, 1.165) is 6.42 Å². The highest BCUT2D eigenvalue weighted by Gasteiger charge is 2.75. The molecule has 1 aromatic carbocycles. The minimum Gasteiger partial charge on any atom is -0.394 e. The van der Waals surface area contributed by atoms with E-state index in [1.54, 1.807) is 24.3 Å². The maximum absolute atomic E-state index is 13.9. The van der Waals surface area contributed by atoms with Crippen molar-refractivity contribution in [3.63, 3.8) is 0 Å². The average Bonchev–Trinajstić information content (AvgIpc) is 3.44. The van der Waals surface area contributed by atoms with Crippen molar-refractivity contribution in [3.05, 3.63) is 29.3 Å². The Bertz CT molecular complexity index is 939. The summed E-state index contributed by atoms with van der Waals surface area (Å²) in [6.45, 7) is 6.24. The van der Waals surface area contributed by atoms with Gasteiger partial charge in [0.15, 0.2) is 0 Å². The van der Waals surface area contributed by atoms with Crippen LogP contribution in [0.15, 0.2) is 24.3 Å². The number of likely N-dealkylation sites (tertiary alicyclic amines) is 1. The molecule has 3 amide bonds. The molecule has 1 spiro atoms. The first-order chi connectivity index (χ1) is 16.2. The molecule has 9 heteroatoms. The van der Waals surface area contributed by atoms with Gasteiger partial charge in [0.1, 0.15) is 11.6 Å². The predicted molar refractivity (Wildman–Crippen MR) is 128 cm³/mol. The Balaban J connectivity index is 1.71. The van der Waals surface area contributed by atoms with Crippen molar-refractivity contribution < 1.29 is 24.2 Å². The van der Waals surface area contributed by atoms with Gasteiger partial charge in [0, 0.05) is 17.3 Å². The number of rotatable bonds is 9. The molecule has 8 nitrogen and oxygen atoms in total. The molecule has 3 fully saturated rings. The molecule has 0 aromatic heterocycles. The Kier molecular flexibility index (Phi) is 7.22. The number of ether oxygens (including phenoxy) is 1. The molecule has 6 atom stereocenters. The molecule has 3 aliphatic heterocycles. The number of benzene rings is 1. The van der Waals surface area contributed by atoms with Gasteiger partial charge in [-0.2, -0.15) is 0 Å². The fraction of sp³-hybridized carbons (Fsp3) is 0.640. The summed E-state index contributed by atoms with van der Waals surface area (Å²) in [5, 5.41) is 16.6. The Hall–Kier alpha value is -2.16. The van der Waals surface area contributed by atoms with Crippen molar-refractivity contribution in [2.24, 2.45) is 17.8 Å². The van der Waals surface area contributed by atoms with Crippen LogP contribution in [-0.4, -0.2) is 64.7 Å². The second kappa shape index (κ2) is 9.84. The lowest BCUT2D eigenvalue weighted by atomic mass is 9.70. The quantitative estimate of drug-likeness (QED) is 0.492. The van der Waals surface area contributed by atoms with Crippen LogP contribution in [0, 0.1) is 17.8 Å². The third-order valence-electron chi connectivity index (χ3n) is 7.30. The van der Waals surface area contributed by atoms with E-state index in [2.05, 4.69) is 10.6 Å². The second-order valence-electron chi connectivity index (χ2n) is 10.1. The van der Waals surface area contributed by atoms with Gasteiger partial charge in [-0.25, -0.2) is 0 Å². The fourth-order valence-electron chi connectivity index (χ4n) is 6.01. The molecule has 0 aliphatic carbocycles. The molecule has 2 unspecified atom stereocenters. The van der Waals surface area contributed by atoms with E-state index in [-0.39, 0.29) is 30.2 Å². The van der Waals surface area contributed by atoms with Gasteiger partial charge in [-0.05, 0) is 55.9 Å². The van der Waals surface area contributed by atoms with Gasteiger partial charge in [-0.15, -0.1) is 0 Å². The summed E-state index contributed by atoms with van der Waals surface area (Å²) in [6, 6.07) is 5.26. The highest BCUT2D eigenvalue weighted by Crippen LogP contribution is 2.59. The summed E-state index contributed by atoms with van der Waals surface area (Å²) in [7, 11) is 0. The van der Waals surface area contributed by atoms with Crippen LogP contribution in [0.3, 0.4) is 0 Å². The van der Waals surface area contributed by atoms with Crippen molar-refractivity contribution in [1.82, 2.24) is 10.2 Å². The summed E-state index contributed by atoms with van der Waals surface area (Å²) >= 11 is 5.98. The molecule has 3 N–H and O–H groups in total. The van der Waals surface area contributed by atoms with Gasteiger partial charge in [-0.3, -0.25) is 14.4 Å². The zero-order valence-corrected chi connectivity index (χ0v) is 20.7. The first kappa shape index (κ1) is 24.9. The minimum atomic E-state index is -1.09.